The topological polar surface area (TPSA) is 30.0 Å². The molecule has 0 unspecified atom stereocenters. The Balaban J connectivity index is 2.97. The maximum atomic E-state index is 10.8. The summed E-state index contributed by atoms with van der Waals surface area (Å²) in [4.78, 5) is 15.0. The van der Waals surface area contributed by atoms with Crippen molar-refractivity contribution in [1.82, 2.24) is 4.98 Å². The zero-order valence-electron chi connectivity index (χ0n) is 9.39. The van der Waals surface area contributed by atoms with E-state index >= 15 is 0 Å². The number of aldehydes is 1. The zero-order valence-corrected chi connectivity index (χ0v) is 9.39. The van der Waals surface area contributed by atoms with Crippen LogP contribution in [0.3, 0.4) is 0 Å². The van der Waals surface area contributed by atoms with Crippen LogP contribution in [0.5, 0.6) is 0 Å². The van der Waals surface area contributed by atoms with Crippen molar-refractivity contribution in [2.75, 3.05) is 0 Å². The monoisotopic (exact) mass is 213 g/mol. The highest BCUT2D eigenvalue weighted by molar-refractivity contribution is 5.76. The minimum Gasteiger partial charge on any atom is -0.298 e. The van der Waals surface area contributed by atoms with Crippen LogP contribution in [0.2, 0.25) is 0 Å². The molecule has 1 aromatic heterocycles. The predicted octanol–water partition coefficient (Wildman–Crippen LogP) is 3.13. The van der Waals surface area contributed by atoms with E-state index in [2.05, 4.69) is 11.6 Å². The second kappa shape index (κ2) is 6.51. The minimum atomic E-state index is 0.641. The molecule has 1 rings (SSSR count). The van der Waals surface area contributed by atoms with Gasteiger partial charge in [0.25, 0.3) is 0 Å². The molecule has 0 saturated heterocycles. The van der Waals surface area contributed by atoms with E-state index in [1.807, 2.05) is 25.2 Å². The summed E-state index contributed by atoms with van der Waals surface area (Å²) in [6.45, 7) is 5.62. The summed E-state index contributed by atoms with van der Waals surface area (Å²) in [6.07, 6.45) is 10.8. The molecule has 0 spiro atoms. The van der Waals surface area contributed by atoms with Crippen molar-refractivity contribution in [2.45, 2.75) is 13.3 Å². The molecular weight excluding hydrogens is 198 g/mol. The first-order valence-corrected chi connectivity index (χ1v) is 5.15. The number of pyridine rings is 1. The smallest absolute Gasteiger partial charge is 0.151 e. The van der Waals surface area contributed by atoms with Gasteiger partial charge in [0.1, 0.15) is 0 Å². The summed E-state index contributed by atoms with van der Waals surface area (Å²) in [5, 5.41) is 0. The predicted molar refractivity (Wildman–Crippen MR) is 66.4 cm³/mol. The number of allylic oxidation sites excluding steroid dienone is 5. The Hall–Kier alpha value is -1.96. The maximum absolute atomic E-state index is 10.8. The summed E-state index contributed by atoms with van der Waals surface area (Å²) in [5.74, 6) is 0. The van der Waals surface area contributed by atoms with Crippen molar-refractivity contribution in [1.29, 1.82) is 0 Å². The van der Waals surface area contributed by atoms with Crippen molar-refractivity contribution in [3.8, 4) is 0 Å². The van der Waals surface area contributed by atoms with Gasteiger partial charge in [-0.25, -0.2) is 0 Å². The number of carbonyl (C=O) groups is 1. The second-order valence-electron chi connectivity index (χ2n) is 3.31. The molecule has 2 nitrogen and oxygen atoms in total. The van der Waals surface area contributed by atoms with E-state index in [4.69, 9.17) is 0 Å². The lowest BCUT2D eigenvalue weighted by Crippen LogP contribution is -1.97. The molecule has 0 bridgehead atoms. The van der Waals surface area contributed by atoms with Gasteiger partial charge in [0.05, 0.1) is 5.69 Å². The summed E-state index contributed by atoms with van der Waals surface area (Å²) < 4.78 is 0. The second-order valence-corrected chi connectivity index (χ2v) is 3.31. The van der Waals surface area contributed by atoms with Crippen LogP contribution in [-0.4, -0.2) is 11.3 Å². The van der Waals surface area contributed by atoms with Gasteiger partial charge in [0, 0.05) is 18.2 Å². The molecule has 1 aromatic rings. The van der Waals surface area contributed by atoms with Gasteiger partial charge in [-0.1, -0.05) is 30.9 Å². The van der Waals surface area contributed by atoms with E-state index in [1.54, 1.807) is 24.4 Å². The third-order valence-corrected chi connectivity index (χ3v) is 2.14. The molecule has 82 valence electrons. The van der Waals surface area contributed by atoms with Gasteiger partial charge in [-0.2, -0.15) is 0 Å². The Morgan fingerprint density at radius 3 is 3.00 bits per heavy atom. The third kappa shape index (κ3) is 3.31. The largest absolute Gasteiger partial charge is 0.298 e. The quantitative estimate of drug-likeness (QED) is 0.555. The number of aromatic nitrogens is 1. The van der Waals surface area contributed by atoms with Gasteiger partial charge in [0.15, 0.2) is 6.29 Å². The molecule has 0 saturated carbocycles. The highest BCUT2D eigenvalue weighted by atomic mass is 16.1. The van der Waals surface area contributed by atoms with E-state index in [1.165, 1.54) is 0 Å². The van der Waals surface area contributed by atoms with Crippen LogP contribution in [0.25, 0.3) is 0 Å². The minimum absolute atomic E-state index is 0.641. The first kappa shape index (κ1) is 12.1. The van der Waals surface area contributed by atoms with Gasteiger partial charge in [-0.3, -0.25) is 9.78 Å². The molecule has 0 N–H and O–H groups in total. The summed E-state index contributed by atoms with van der Waals surface area (Å²) in [7, 11) is 0. The molecule has 2 heteroatoms. The molecule has 0 aliphatic heterocycles. The normalized spacial score (nSPS) is 11.7. The lowest BCUT2D eigenvalue weighted by atomic mass is 10.1. The SMILES string of the molecule is C=C/C=C(\C=C/C)Cc1ncccc1C=O. The molecule has 0 aromatic carbocycles. The van der Waals surface area contributed by atoms with Crippen LogP contribution in [0.15, 0.2) is 54.8 Å². The first-order valence-electron chi connectivity index (χ1n) is 5.15. The fraction of sp³-hybridized carbons (Fsp3) is 0.143. The Morgan fingerprint density at radius 2 is 2.38 bits per heavy atom. The summed E-state index contributed by atoms with van der Waals surface area (Å²) in [6, 6.07) is 3.54. The lowest BCUT2D eigenvalue weighted by Gasteiger charge is -2.03. The number of hydrogen-bond acceptors (Lipinski definition) is 2. The molecule has 0 amide bonds. The van der Waals surface area contributed by atoms with E-state index in [-0.39, 0.29) is 0 Å². The third-order valence-electron chi connectivity index (χ3n) is 2.14. The number of nitrogens with zero attached hydrogens (tertiary/aromatic N) is 1. The van der Waals surface area contributed by atoms with E-state index in [0.29, 0.717) is 12.0 Å². The van der Waals surface area contributed by atoms with Crippen LogP contribution < -0.4 is 0 Å². The van der Waals surface area contributed by atoms with Crippen molar-refractivity contribution < 1.29 is 4.79 Å². The Morgan fingerprint density at radius 1 is 1.56 bits per heavy atom. The highest BCUT2D eigenvalue weighted by Gasteiger charge is 2.03. The van der Waals surface area contributed by atoms with Gasteiger partial charge < -0.3 is 0 Å². The molecule has 0 aliphatic carbocycles. The molecule has 0 atom stereocenters. The van der Waals surface area contributed by atoms with Crippen molar-refractivity contribution in [3.63, 3.8) is 0 Å². The van der Waals surface area contributed by atoms with Gasteiger partial charge in [0.2, 0.25) is 0 Å². The van der Waals surface area contributed by atoms with Gasteiger partial charge in [-0.15, -0.1) is 0 Å². The van der Waals surface area contributed by atoms with Gasteiger partial charge >= 0.3 is 0 Å². The van der Waals surface area contributed by atoms with Crippen LogP contribution in [0.4, 0.5) is 0 Å². The summed E-state index contributed by atoms with van der Waals surface area (Å²) in [5.41, 5.74) is 2.52. The Kier molecular flexibility index (Phi) is 4.93. The zero-order chi connectivity index (χ0) is 11.8. The average molecular weight is 213 g/mol. The molecule has 0 fully saturated rings. The molecule has 0 aliphatic rings. The van der Waals surface area contributed by atoms with E-state index in [0.717, 1.165) is 17.6 Å². The average Bonchev–Trinajstić information content (AvgIpc) is 2.30. The fourth-order valence-corrected chi connectivity index (χ4v) is 1.44. The van der Waals surface area contributed by atoms with Crippen molar-refractivity contribution in [3.05, 3.63) is 66.0 Å². The van der Waals surface area contributed by atoms with Crippen LogP contribution in [0, 0.1) is 0 Å². The molecule has 1 heterocycles. The van der Waals surface area contributed by atoms with E-state index < -0.39 is 0 Å². The maximum Gasteiger partial charge on any atom is 0.151 e. The number of carbonyl (C=O) groups excluding carboxylic acids is 1. The number of hydrogen-bond donors (Lipinski definition) is 0. The Labute approximate surface area is 96.0 Å². The molecular formula is C14H15NO. The van der Waals surface area contributed by atoms with Crippen molar-refractivity contribution in [2.24, 2.45) is 0 Å². The fourth-order valence-electron chi connectivity index (χ4n) is 1.44. The molecule has 16 heavy (non-hydrogen) atoms. The van der Waals surface area contributed by atoms with E-state index in [9.17, 15) is 4.79 Å². The highest BCUT2D eigenvalue weighted by Crippen LogP contribution is 2.10. The standard InChI is InChI=1S/C14H15NO/c1-3-6-12(7-4-2)10-14-13(11-16)8-5-9-15-14/h3-9,11H,1,10H2,2H3/b7-4-,12-6+. The van der Waals surface area contributed by atoms with Gasteiger partial charge in [-0.05, 0) is 24.6 Å². The number of rotatable bonds is 5. The first-order chi connectivity index (χ1) is 7.81. The lowest BCUT2D eigenvalue weighted by molar-refractivity contribution is 0.112. The van der Waals surface area contributed by atoms with Crippen LogP contribution >= 0.6 is 0 Å². The van der Waals surface area contributed by atoms with Crippen LogP contribution in [0.1, 0.15) is 23.0 Å². The van der Waals surface area contributed by atoms with Crippen molar-refractivity contribution >= 4 is 6.29 Å². The summed E-state index contributed by atoms with van der Waals surface area (Å²) >= 11 is 0. The molecule has 0 radical (unpaired) electrons. The van der Waals surface area contributed by atoms with Crippen LogP contribution in [-0.2, 0) is 6.42 Å². The Bertz CT molecular complexity index is 430.